The van der Waals surface area contributed by atoms with Gasteiger partial charge in [-0.25, -0.2) is 4.39 Å². The van der Waals surface area contributed by atoms with Gasteiger partial charge in [-0.05, 0) is 33.8 Å². The predicted molar refractivity (Wildman–Crippen MR) is 73.4 cm³/mol. The van der Waals surface area contributed by atoms with Gasteiger partial charge < -0.3 is 9.31 Å². The van der Waals surface area contributed by atoms with Gasteiger partial charge in [0.05, 0.1) is 17.4 Å². The zero-order chi connectivity index (χ0) is 16.8. The molecule has 4 nitrogen and oxygen atoms in total. The molecule has 1 fully saturated rings. The summed E-state index contributed by atoms with van der Waals surface area (Å²) in [4.78, 5) is 0. The third kappa shape index (κ3) is 3.70. The number of alkyl halides is 3. The van der Waals surface area contributed by atoms with E-state index in [1.165, 1.54) is 0 Å². The summed E-state index contributed by atoms with van der Waals surface area (Å²) in [5.41, 5.74) is -1.89. The van der Waals surface area contributed by atoms with Crippen molar-refractivity contribution < 1.29 is 26.9 Å². The Morgan fingerprint density at radius 1 is 1.27 bits per heavy atom. The van der Waals surface area contributed by atoms with Crippen molar-refractivity contribution in [1.29, 1.82) is 0 Å². The number of aromatic nitrogens is 2. The highest BCUT2D eigenvalue weighted by Gasteiger charge is 2.53. The summed E-state index contributed by atoms with van der Waals surface area (Å²) in [6, 6.07) is 0. The Bertz CT molecular complexity index is 565. The number of rotatable bonds is 3. The normalized spacial score (nSPS) is 21.5. The first-order valence-electron chi connectivity index (χ1n) is 6.72. The summed E-state index contributed by atoms with van der Waals surface area (Å²) < 4.78 is 62.6. The Labute approximate surface area is 126 Å². The van der Waals surface area contributed by atoms with E-state index in [0.717, 1.165) is 18.5 Å². The van der Waals surface area contributed by atoms with E-state index in [-0.39, 0.29) is 5.56 Å². The Hall–Kier alpha value is -1.35. The highest BCUT2D eigenvalue weighted by Crippen LogP contribution is 2.39. The lowest BCUT2D eigenvalue weighted by atomic mass is 9.87. The molecule has 9 heteroatoms. The molecular weight excluding hydrogens is 303 g/mol. The largest absolute Gasteiger partial charge is 0.525 e. The Morgan fingerprint density at radius 3 is 2.32 bits per heavy atom. The van der Waals surface area contributed by atoms with Crippen LogP contribution < -0.4 is 0 Å². The molecule has 0 N–H and O–H groups in total. The maximum absolute atomic E-state index is 14.2. The van der Waals surface area contributed by atoms with Crippen molar-refractivity contribution in [3.8, 4) is 0 Å². The molecule has 1 aromatic rings. The van der Waals surface area contributed by atoms with Gasteiger partial charge in [0.1, 0.15) is 12.3 Å². The molecule has 1 aliphatic heterocycles. The molecule has 0 amide bonds. The van der Waals surface area contributed by atoms with E-state index in [0.29, 0.717) is 4.68 Å². The van der Waals surface area contributed by atoms with Gasteiger partial charge in [-0.15, -0.1) is 0 Å². The van der Waals surface area contributed by atoms with Gasteiger partial charge in [-0.2, -0.15) is 18.3 Å². The van der Waals surface area contributed by atoms with Crippen molar-refractivity contribution in [3.63, 3.8) is 0 Å². The molecule has 0 unspecified atom stereocenters. The molecule has 1 aliphatic rings. The van der Waals surface area contributed by atoms with Crippen LogP contribution in [0.4, 0.5) is 17.6 Å². The lowest BCUT2D eigenvalue weighted by molar-refractivity contribution is -0.142. The van der Waals surface area contributed by atoms with Gasteiger partial charge in [-0.3, -0.25) is 4.68 Å². The highest BCUT2D eigenvalue weighted by molar-refractivity contribution is 6.54. The summed E-state index contributed by atoms with van der Waals surface area (Å²) in [7, 11) is -1.18. The average molecular weight is 320 g/mol. The molecule has 0 bridgehead atoms. The van der Waals surface area contributed by atoms with Crippen LogP contribution in [0.3, 0.4) is 0 Å². The van der Waals surface area contributed by atoms with E-state index in [1.807, 2.05) is 0 Å². The van der Waals surface area contributed by atoms with Crippen molar-refractivity contribution in [2.24, 2.45) is 0 Å². The van der Waals surface area contributed by atoms with Crippen molar-refractivity contribution in [2.45, 2.75) is 51.6 Å². The van der Waals surface area contributed by atoms with Crippen LogP contribution in [0.5, 0.6) is 0 Å². The second-order valence-electron chi connectivity index (χ2n) is 6.20. The van der Waals surface area contributed by atoms with E-state index in [1.54, 1.807) is 27.7 Å². The van der Waals surface area contributed by atoms with Crippen molar-refractivity contribution in [1.82, 2.24) is 9.78 Å². The molecule has 1 saturated heterocycles. The van der Waals surface area contributed by atoms with Crippen LogP contribution in [0.15, 0.2) is 18.1 Å². The third-order valence-electron chi connectivity index (χ3n) is 3.78. The Kier molecular flexibility index (Phi) is 4.16. The van der Waals surface area contributed by atoms with Crippen LogP contribution in [-0.2, 0) is 15.9 Å². The van der Waals surface area contributed by atoms with Gasteiger partial charge in [-0.1, -0.05) is 0 Å². The summed E-state index contributed by atoms with van der Waals surface area (Å²) in [5, 5.41) is 3.54. The Morgan fingerprint density at radius 2 is 1.82 bits per heavy atom. The van der Waals surface area contributed by atoms with Crippen LogP contribution in [0.1, 0.15) is 33.3 Å². The molecule has 0 aromatic carbocycles. The van der Waals surface area contributed by atoms with Crippen LogP contribution in [0.2, 0.25) is 0 Å². The maximum Gasteiger partial charge on any atom is 0.525 e. The predicted octanol–water partition coefficient (Wildman–Crippen LogP) is 3.39. The number of hydrogen-bond acceptors (Lipinski definition) is 3. The molecule has 122 valence electrons. The molecule has 2 heterocycles. The lowest BCUT2D eigenvalue weighted by Gasteiger charge is -2.32. The molecule has 0 radical (unpaired) electrons. The van der Waals surface area contributed by atoms with Gasteiger partial charge >= 0.3 is 13.3 Å². The smallest absolute Gasteiger partial charge is 0.398 e. The quantitative estimate of drug-likeness (QED) is 0.633. The number of nitrogens with zero attached hydrogens (tertiary/aromatic N) is 2. The van der Waals surface area contributed by atoms with Gasteiger partial charge in [0.15, 0.2) is 0 Å². The fourth-order valence-electron chi connectivity index (χ4n) is 1.91. The summed E-state index contributed by atoms with van der Waals surface area (Å²) in [6.45, 7) is 5.89. The molecule has 2 rings (SSSR count). The first kappa shape index (κ1) is 17.0. The van der Waals surface area contributed by atoms with E-state index < -0.39 is 36.8 Å². The van der Waals surface area contributed by atoms with Crippen molar-refractivity contribution in [3.05, 3.63) is 23.7 Å². The minimum Gasteiger partial charge on any atom is -0.398 e. The molecule has 0 atom stereocenters. The second kappa shape index (κ2) is 5.38. The first-order chi connectivity index (χ1) is 9.90. The second-order valence-corrected chi connectivity index (χ2v) is 6.20. The van der Waals surface area contributed by atoms with E-state index >= 15 is 0 Å². The minimum atomic E-state index is -4.38. The molecule has 0 spiro atoms. The van der Waals surface area contributed by atoms with Crippen molar-refractivity contribution >= 4 is 13.2 Å². The van der Waals surface area contributed by atoms with Gasteiger partial charge in [0, 0.05) is 11.8 Å². The minimum absolute atomic E-state index is 0.205. The first-order valence-corrected chi connectivity index (χ1v) is 6.72. The van der Waals surface area contributed by atoms with Gasteiger partial charge in [0.25, 0.3) is 0 Å². The van der Waals surface area contributed by atoms with E-state index in [2.05, 4.69) is 5.10 Å². The summed E-state index contributed by atoms with van der Waals surface area (Å²) in [5.74, 6) is 0. The van der Waals surface area contributed by atoms with Crippen LogP contribution in [-0.4, -0.2) is 34.3 Å². The fourth-order valence-corrected chi connectivity index (χ4v) is 1.91. The topological polar surface area (TPSA) is 36.3 Å². The van der Waals surface area contributed by atoms with Crippen LogP contribution in [0, 0.1) is 0 Å². The number of hydrogen-bond donors (Lipinski definition) is 0. The van der Waals surface area contributed by atoms with Crippen LogP contribution >= 0.6 is 0 Å². The zero-order valence-corrected chi connectivity index (χ0v) is 12.7. The maximum atomic E-state index is 14.2. The van der Waals surface area contributed by atoms with Crippen LogP contribution in [0.25, 0.3) is 6.08 Å². The third-order valence-corrected chi connectivity index (χ3v) is 3.78. The highest BCUT2D eigenvalue weighted by atomic mass is 19.4. The van der Waals surface area contributed by atoms with E-state index in [9.17, 15) is 17.6 Å². The molecule has 22 heavy (non-hydrogen) atoms. The molecule has 0 aliphatic carbocycles. The summed E-state index contributed by atoms with van der Waals surface area (Å²) in [6.07, 6.45) is -1.06. The fraction of sp³-hybridized carbons (Fsp3) is 0.615. The zero-order valence-electron chi connectivity index (χ0n) is 12.7. The molecular formula is C13H17BF4N2O2. The molecule has 0 saturated carbocycles. The number of halogens is 4. The monoisotopic (exact) mass is 320 g/mol. The summed E-state index contributed by atoms with van der Waals surface area (Å²) >= 11 is 0. The molecule has 1 aromatic heterocycles. The van der Waals surface area contributed by atoms with Crippen molar-refractivity contribution in [2.75, 3.05) is 0 Å². The lowest BCUT2D eigenvalue weighted by Crippen LogP contribution is -2.41. The van der Waals surface area contributed by atoms with Gasteiger partial charge in [0.2, 0.25) is 0 Å². The Balaban J connectivity index is 2.11. The SMILES string of the molecule is CC1(C)OB(C(F)=Cc2cnn(CC(F)(F)F)c2)OC1(C)C. The van der Waals surface area contributed by atoms with E-state index in [4.69, 9.17) is 9.31 Å². The average Bonchev–Trinajstić information content (AvgIpc) is 2.80. The standard InChI is InChI=1S/C13H17BF4N2O2/c1-11(2)12(3,4)22-14(21-11)10(15)5-9-6-19-20(7-9)8-13(16,17)18/h5-7H,8H2,1-4H3.